The molecule has 2 rings (SSSR count). The molecule has 0 atom stereocenters. The van der Waals surface area contributed by atoms with E-state index in [9.17, 15) is 0 Å². The van der Waals surface area contributed by atoms with Crippen molar-refractivity contribution in [3.63, 3.8) is 0 Å². The molecule has 6 nitrogen and oxygen atoms in total. The van der Waals surface area contributed by atoms with Crippen molar-refractivity contribution in [2.45, 2.75) is 19.9 Å². The van der Waals surface area contributed by atoms with Crippen LogP contribution in [0.4, 0.5) is 11.9 Å². The van der Waals surface area contributed by atoms with E-state index in [4.69, 9.17) is 4.74 Å². The van der Waals surface area contributed by atoms with E-state index in [0.717, 1.165) is 13.0 Å². The van der Waals surface area contributed by atoms with Gasteiger partial charge >= 0.3 is 6.01 Å². The monoisotopic (exact) mass is 287 g/mol. The summed E-state index contributed by atoms with van der Waals surface area (Å²) in [6, 6.07) is 10.5. The second-order valence-electron chi connectivity index (χ2n) is 4.68. The lowest BCUT2D eigenvalue weighted by molar-refractivity contribution is 0.292. The molecule has 1 aromatic heterocycles. The standard InChI is InChI=1S/C15H21N5O/c1-4-10-21-15-18-13(16-2)17-14(19-15)20(3)11-12-8-6-5-7-9-12/h5-9H,4,10-11H2,1-3H3,(H,16,17,18,19). The summed E-state index contributed by atoms with van der Waals surface area (Å²) in [5.74, 6) is 1.09. The van der Waals surface area contributed by atoms with Crippen molar-refractivity contribution in [1.29, 1.82) is 0 Å². The van der Waals surface area contributed by atoms with Crippen LogP contribution in [0.3, 0.4) is 0 Å². The Morgan fingerprint density at radius 1 is 1.14 bits per heavy atom. The zero-order chi connectivity index (χ0) is 15.1. The molecular weight excluding hydrogens is 266 g/mol. The van der Waals surface area contributed by atoms with E-state index in [2.05, 4.69) is 32.4 Å². The van der Waals surface area contributed by atoms with Gasteiger partial charge in [-0.2, -0.15) is 15.0 Å². The van der Waals surface area contributed by atoms with Gasteiger partial charge in [-0.05, 0) is 12.0 Å². The maximum atomic E-state index is 5.51. The molecule has 0 aliphatic carbocycles. The molecule has 0 aliphatic rings. The maximum Gasteiger partial charge on any atom is 0.323 e. The van der Waals surface area contributed by atoms with Gasteiger partial charge in [-0.3, -0.25) is 0 Å². The highest BCUT2D eigenvalue weighted by atomic mass is 16.5. The van der Waals surface area contributed by atoms with Crippen LogP contribution in [0.5, 0.6) is 6.01 Å². The molecule has 0 bridgehead atoms. The molecule has 0 unspecified atom stereocenters. The zero-order valence-electron chi connectivity index (χ0n) is 12.7. The molecule has 0 amide bonds. The summed E-state index contributed by atoms with van der Waals surface area (Å²) in [6.07, 6.45) is 0.912. The fourth-order valence-corrected chi connectivity index (χ4v) is 1.81. The van der Waals surface area contributed by atoms with E-state index in [-0.39, 0.29) is 0 Å². The van der Waals surface area contributed by atoms with Gasteiger partial charge in [-0.1, -0.05) is 37.3 Å². The van der Waals surface area contributed by atoms with Crippen molar-refractivity contribution in [2.24, 2.45) is 0 Å². The van der Waals surface area contributed by atoms with Gasteiger partial charge in [0.15, 0.2) is 0 Å². The maximum absolute atomic E-state index is 5.51. The summed E-state index contributed by atoms with van der Waals surface area (Å²) in [4.78, 5) is 14.9. The third-order valence-corrected chi connectivity index (χ3v) is 2.87. The minimum Gasteiger partial charge on any atom is -0.463 e. The summed E-state index contributed by atoms with van der Waals surface area (Å²) >= 11 is 0. The number of nitrogens with one attached hydrogen (secondary N) is 1. The van der Waals surface area contributed by atoms with E-state index in [1.807, 2.05) is 37.1 Å². The van der Waals surface area contributed by atoms with Crippen LogP contribution in [0.1, 0.15) is 18.9 Å². The van der Waals surface area contributed by atoms with E-state index in [0.29, 0.717) is 24.5 Å². The van der Waals surface area contributed by atoms with Gasteiger partial charge in [-0.15, -0.1) is 0 Å². The Bertz CT molecular complexity index is 561. The summed E-state index contributed by atoms with van der Waals surface area (Å²) in [5.41, 5.74) is 1.20. The fourth-order valence-electron chi connectivity index (χ4n) is 1.81. The van der Waals surface area contributed by atoms with Crippen LogP contribution < -0.4 is 15.0 Å². The molecule has 0 spiro atoms. The first-order valence-electron chi connectivity index (χ1n) is 7.04. The first-order chi connectivity index (χ1) is 10.2. The number of hydrogen-bond donors (Lipinski definition) is 1. The number of aromatic nitrogens is 3. The average Bonchev–Trinajstić information content (AvgIpc) is 2.53. The smallest absolute Gasteiger partial charge is 0.323 e. The molecular formula is C15H21N5O. The van der Waals surface area contributed by atoms with Crippen molar-refractivity contribution in [3.05, 3.63) is 35.9 Å². The highest BCUT2D eigenvalue weighted by Crippen LogP contribution is 2.16. The second-order valence-corrected chi connectivity index (χ2v) is 4.68. The minimum atomic E-state index is 0.353. The fraction of sp³-hybridized carbons (Fsp3) is 0.400. The summed E-state index contributed by atoms with van der Waals surface area (Å²) in [7, 11) is 3.73. The Morgan fingerprint density at radius 2 is 1.90 bits per heavy atom. The Hall–Kier alpha value is -2.37. The van der Waals surface area contributed by atoms with Gasteiger partial charge in [0, 0.05) is 20.6 Å². The quantitative estimate of drug-likeness (QED) is 0.843. The van der Waals surface area contributed by atoms with E-state index in [1.165, 1.54) is 5.56 Å². The topological polar surface area (TPSA) is 63.2 Å². The van der Waals surface area contributed by atoms with Crippen molar-refractivity contribution in [1.82, 2.24) is 15.0 Å². The number of benzene rings is 1. The van der Waals surface area contributed by atoms with Crippen LogP contribution in [0.2, 0.25) is 0 Å². The molecule has 0 fully saturated rings. The number of rotatable bonds is 7. The normalized spacial score (nSPS) is 10.2. The first kappa shape index (κ1) is 15.0. The van der Waals surface area contributed by atoms with Gasteiger partial charge in [0.2, 0.25) is 11.9 Å². The largest absolute Gasteiger partial charge is 0.463 e. The molecule has 0 aliphatic heterocycles. The Kier molecular flexibility index (Phi) is 5.31. The molecule has 1 aromatic carbocycles. The van der Waals surface area contributed by atoms with Crippen LogP contribution in [0, 0.1) is 0 Å². The Labute approximate surface area is 125 Å². The van der Waals surface area contributed by atoms with Crippen LogP contribution in [-0.2, 0) is 6.54 Å². The number of anilines is 2. The predicted octanol–water partition coefficient (Wildman–Crippen LogP) is 2.34. The third-order valence-electron chi connectivity index (χ3n) is 2.87. The zero-order valence-corrected chi connectivity index (χ0v) is 12.7. The second kappa shape index (κ2) is 7.42. The number of ether oxygens (including phenoxy) is 1. The average molecular weight is 287 g/mol. The van der Waals surface area contributed by atoms with E-state index >= 15 is 0 Å². The van der Waals surface area contributed by atoms with Crippen molar-refractivity contribution in [3.8, 4) is 6.01 Å². The van der Waals surface area contributed by atoms with Crippen LogP contribution in [0.25, 0.3) is 0 Å². The van der Waals surface area contributed by atoms with Crippen LogP contribution in [0.15, 0.2) is 30.3 Å². The lowest BCUT2D eigenvalue weighted by Crippen LogP contribution is -2.20. The lowest BCUT2D eigenvalue weighted by atomic mass is 10.2. The molecule has 112 valence electrons. The Balaban J connectivity index is 2.16. The SMILES string of the molecule is CCCOc1nc(NC)nc(N(C)Cc2ccccc2)n1. The summed E-state index contributed by atoms with van der Waals surface area (Å²) in [5, 5.41) is 2.93. The number of nitrogens with zero attached hydrogens (tertiary/aromatic N) is 4. The molecule has 0 saturated heterocycles. The van der Waals surface area contributed by atoms with Crippen molar-refractivity contribution >= 4 is 11.9 Å². The van der Waals surface area contributed by atoms with E-state index in [1.54, 1.807) is 7.05 Å². The third kappa shape index (κ3) is 4.30. The Morgan fingerprint density at radius 3 is 2.57 bits per heavy atom. The molecule has 0 saturated carbocycles. The molecule has 0 radical (unpaired) electrons. The summed E-state index contributed by atoms with van der Waals surface area (Å²) in [6.45, 7) is 3.36. The minimum absolute atomic E-state index is 0.353. The van der Waals surface area contributed by atoms with Crippen LogP contribution in [-0.4, -0.2) is 35.7 Å². The van der Waals surface area contributed by atoms with E-state index < -0.39 is 0 Å². The summed E-state index contributed by atoms with van der Waals surface area (Å²) < 4.78 is 5.51. The van der Waals surface area contributed by atoms with Crippen molar-refractivity contribution in [2.75, 3.05) is 30.9 Å². The molecule has 6 heteroatoms. The van der Waals surface area contributed by atoms with Gasteiger partial charge in [-0.25, -0.2) is 0 Å². The molecule has 2 aromatic rings. The van der Waals surface area contributed by atoms with Gasteiger partial charge in [0.25, 0.3) is 0 Å². The number of hydrogen-bond acceptors (Lipinski definition) is 6. The highest BCUT2D eigenvalue weighted by molar-refractivity contribution is 5.38. The van der Waals surface area contributed by atoms with Gasteiger partial charge in [0.05, 0.1) is 6.61 Å². The van der Waals surface area contributed by atoms with Crippen molar-refractivity contribution < 1.29 is 4.74 Å². The predicted molar refractivity (Wildman–Crippen MR) is 83.7 cm³/mol. The molecule has 1 heterocycles. The molecule has 21 heavy (non-hydrogen) atoms. The lowest BCUT2D eigenvalue weighted by Gasteiger charge is -2.18. The molecule has 1 N–H and O–H groups in total. The highest BCUT2D eigenvalue weighted by Gasteiger charge is 2.11. The van der Waals surface area contributed by atoms with Gasteiger partial charge < -0.3 is 15.0 Å². The van der Waals surface area contributed by atoms with Crippen LogP contribution >= 0.6 is 0 Å². The first-order valence-corrected chi connectivity index (χ1v) is 7.04. The van der Waals surface area contributed by atoms with Gasteiger partial charge in [0.1, 0.15) is 0 Å².